The van der Waals surface area contributed by atoms with Crippen LogP contribution in [-0.2, 0) is 17.7 Å². The van der Waals surface area contributed by atoms with Crippen molar-refractivity contribution in [1.29, 1.82) is 0 Å². The van der Waals surface area contributed by atoms with Gasteiger partial charge in [0.05, 0.1) is 24.6 Å². The quantitative estimate of drug-likeness (QED) is 0.800. The Bertz CT molecular complexity index is 911. The van der Waals surface area contributed by atoms with E-state index >= 15 is 0 Å². The lowest BCUT2D eigenvalue weighted by Crippen LogP contribution is -2.36. The lowest BCUT2D eigenvalue weighted by Gasteiger charge is -2.26. The average Bonchev–Trinajstić information content (AvgIpc) is 3.27. The number of anilines is 1. The van der Waals surface area contributed by atoms with E-state index in [4.69, 9.17) is 9.72 Å². The van der Waals surface area contributed by atoms with Crippen molar-refractivity contribution in [3.63, 3.8) is 0 Å². The Balaban J connectivity index is 1.60. The summed E-state index contributed by atoms with van der Waals surface area (Å²) in [5, 5.41) is 3.44. The van der Waals surface area contributed by atoms with Crippen LogP contribution in [0.25, 0.3) is 16.9 Å². The van der Waals surface area contributed by atoms with Crippen LogP contribution < -0.4 is 5.32 Å². The fourth-order valence-corrected chi connectivity index (χ4v) is 3.85. The molecule has 4 heterocycles. The molecule has 2 aromatic heterocycles. The van der Waals surface area contributed by atoms with Gasteiger partial charge in [0.2, 0.25) is 0 Å². The lowest BCUT2D eigenvalue weighted by atomic mass is 10.0. The molecule has 25 heavy (non-hydrogen) atoms. The maximum absolute atomic E-state index is 5.50. The van der Waals surface area contributed by atoms with E-state index in [0.29, 0.717) is 0 Å². The van der Waals surface area contributed by atoms with Gasteiger partial charge in [0.1, 0.15) is 5.65 Å². The van der Waals surface area contributed by atoms with Crippen LogP contribution in [0.4, 0.5) is 5.69 Å². The number of imidazole rings is 1. The topological polar surface area (TPSA) is 41.8 Å². The highest BCUT2D eigenvalue weighted by molar-refractivity contribution is 5.71. The number of hydrogen-bond acceptors (Lipinski definition) is 4. The monoisotopic (exact) mass is 334 g/mol. The molecular weight excluding hydrogens is 312 g/mol. The van der Waals surface area contributed by atoms with Gasteiger partial charge in [-0.15, -0.1) is 0 Å². The van der Waals surface area contributed by atoms with Gasteiger partial charge in [0, 0.05) is 43.6 Å². The number of nitrogens with zero attached hydrogens (tertiary/aromatic N) is 3. The Morgan fingerprint density at radius 1 is 1.12 bits per heavy atom. The third-order valence-corrected chi connectivity index (χ3v) is 5.19. The summed E-state index contributed by atoms with van der Waals surface area (Å²) in [6, 6.07) is 12.9. The molecule has 0 spiro atoms. The van der Waals surface area contributed by atoms with Gasteiger partial charge in [0.15, 0.2) is 0 Å². The number of pyridine rings is 1. The first-order valence-electron chi connectivity index (χ1n) is 9.02. The van der Waals surface area contributed by atoms with Crippen molar-refractivity contribution in [1.82, 2.24) is 14.3 Å². The fraction of sp³-hybridized carbons (Fsp3) is 0.350. The van der Waals surface area contributed by atoms with E-state index in [1.165, 1.54) is 22.5 Å². The number of morpholine rings is 1. The molecule has 2 aliphatic heterocycles. The highest BCUT2D eigenvalue weighted by Crippen LogP contribution is 2.31. The molecule has 5 nitrogen and oxygen atoms in total. The standard InChI is InChI=1S/C20H22N4O/c1-2-8-24-18(14-23-9-11-25-12-10-23)20(22-19(24)3-1)16-4-5-17-15(13-16)6-7-21-17/h1-5,8,13,21H,6-7,9-12,14H2. The molecule has 1 N–H and O–H groups in total. The zero-order valence-electron chi connectivity index (χ0n) is 14.2. The lowest BCUT2D eigenvalue weighted by molar-refractivity contribution is 0.0336. The highest BCUT2D eigenvalue weighted by atomic mass is 16.5. The number of benzene rings is 1. The van der Waals surface area contributed by atoms with Gasteiger partial charge < -0.3 is 14.5 Å². The van der Waals surface area contributed by atoms with E-state index in [2.05, 4.69) is 57.2 Å². The van der Waals surface area contributed by atoms with E-state index in [-0.39, 0.29) is 0 Å². The summed E-state index contributed by atoms with van der Waals surface area (Å²) in [6.45, 7) is 5.53. The van der Waals surface area contributed by atoms with Crippen molar-refractivity contribution in [2.24, 2.45) is 0 Å². The second-order valence-electron chi connectivity index (χ2n) is 6.77. The summed E-state index contributed by atoms with van der Waals surface area (Å²) >= 11 is 0. The largest absolute Gasteiger partial charge is 0.384 e. The molecule has 1 aromatic carbocycles. The van der Waals surface area contributed by atoms with Gasteiger partial charge in [-0.3, -0.25) is 4.90 Å². The molecule has 2 aliphatic rings. The van der Waals surface area contributed by atoms with Gasteiger partial charge >= 0.3 is 0 Å². The van der Waals surface area contributed by atoms with Crippen molar-refractivity contribution >= 4 is 11.3 Å². The van der Waals surface area contributed by atoms with Crippen LogP contribution in [-0.4, -0.2) is 47.1 Å². The third kappa shape index (κ3) is 2.69. The second kappa shape index (κ2) is 6.17. The molecule has 5 rings (SSSR count). The van der Waals surface area contributed by atoms with Crippen LogP contribution >= 0.6 is 0 Å². The van der Waals surface area contributed by atoms with Crippen molar-refractivity contribution in [2.75, 3.05) is 38.2 Å². The number of rotatable bonds is 3. The third-order valence-electron chi connectivity index (χ3n) is 5.19. The summed E-state index contributed by atoms with van der Waals surface area (Å²) in [5.41, 5.74) is 7.26. The van der Waals surface area contributed by atoms with Crippen LogP contribution in [0.1, 0.15) is 11.3 Å². The first-order chi connectivity index (χ1) is 12.4. The number of nitrogens with one attached hydrogen (secondary N) is 1. The van der Waals surface area contributed by atoms with E-state index in [1.807, 2.05) is 0 Å². The number of hydrogen-bond donors (Lipinski definition) is 1. The normalized spacial score (nSPS) is 17.6. The van der Waals surface area contributed by atoms with Crippen LogP contribution in [0.5, 0.6) is 0 Å². The van der Waals surface area contributed by atoms with Crippen LogP contribution in [0, 0.1) is 0 Å². The fourth-order valence-electron chi connectivity index (χ4n) is 3.85. The molecule has 0 saturated carbocycles. The maximum Gasteiger partial charge on any atom is 0.137 e. The summed E-state index contributed by atoms with van der Waals surface area (Å²) in [7, 11) is 0. The molecule has 128 valence electrons. The molecule has 0 radical (unpaired) electrons. The summed E-state index contributed by atoms with van der Waals surface area (Å²) in [4.78, 5) is 7.42. The highest BCUT2D eigenvalue weighted by Gasteiger charge is 2.20. The van der Waals surface area contributed by atoms with Crippen molar-refractivity contribution in [3.05, 3.63) is 53.9 Å². The molecule has 1 saturated heterocycles. The van der Waals surface area contributed by atoms with Crippen molar-refractivity contribution in [3.8, 4) is 11.3 Å². The molecule has 5 heteroatoms. The second-order valence-corrected chi connectivity index (χ2v) is 6.77. The molecule has 0 unspecified atom stereocenters. The molecule has 0 amide bonds. The van der Waals surface area contributed by atoms with Crippen LogP contribution in [0.3, 0.4) is 0 Å². The van der Waals surface area contributed by atoms with E-state index in [1.54, 1.807) is 0 Å². The maximum atomic E-state index is 5.50. The zero-order valence-corrected chi connectivity index (χ0v) is 14.2. The minimum atomic E-state index is 0.816. The number of fused-ring (bicyclic) bond motifs is 2. The Labute approximate surface area is 147 Å². The smallest absolute Gasteiger partial charge is 0.137 e. The van der Waals surface area contributed by atoms with E-state index in [9.17, 15) is 0 Å². The predicted octanol–water partition coefficient (Wildman–Crippen LogP) is 2.80. The summed E-state index contributed by atoms with van der Waals surface area (Å²) < 4.78 is 7.73. The van der Waals surface area contributed by atoms with Gasteiger partial charge in [-0.1, -0.05) is 12.1 Å². The SMILES string of the molecule is c1ccn2c(CN3CCOCC3)c(-c3ccc4c(c3)CCN4)nc2c1. The predicted molar refractivity (Wildman–Crippen MR) is 98.9 cm³/mol. The van der Waals surface area contributed by atoms with Crippen molar-refractivity contribution in [2.45, 2.75) is 13.0 Å². The summed E-state index contributed by atoms with van der Waals surface area (Å²) in [6.07, 6.45) is 3.21. The minimum Gasteiger partial charge on any atom is -0.384 e. The van der Waals surface area contributed by atoms with Gasteiger partial charge in [-0.2, -0.15) is 0 Å². The Hall–Kier alpha value is -2.37. The minimum absolute atomic E-state index is 0.816. The van der Waals surface area contributed by atoms with Crippen molar-refractivity contribution < 1.29 is 4.74 Å². The first kappa shape index (κ1) is 14.9. The van der Waals surface area contributed by atoms with Crippen LogP contribution in [0.15, 0.2) is 42.6 Å². The molecule has 1 fully saturated rings. The molecule has 3 aromatic rings. The first-order valence-corrected chi connectivity index (χ1v) is 9.02. The molecule has 0 aliphatic carbocycles. The van der Waals surface area contributed by atoms with E-state index < -0.39 is 0 Å². The molecular formula is C20H22N4O. The van der Waals surface area contributed by atoms with Gasteiger partial charge in [-0.05, 0) is 36.2 Å². The number of aromatic nitrogens is 2. The summed E-state index contributed by atoms with van der Waals surface area (Å²) in [5.74, 6) is 0. The van der Waals surface area contributed by atoms with Crippen LogP contribution in [0.2, 0.25) is 0 Å². The van der Waals surface area contributed by atoms with Gasteiger partial charge in [0.25, 0.3) is 0 Å². The molecule has 0 atom stereocenters. The average molecular weight is 334 g/mol. The Morgan fingerprint density at radius 3 is 2.96 bits per heavy atom. The van der Waals surface area contributed by atoms with Gasteiger partial charge in [-0.25, -0.2) is 4.98 Å². The van der Waals surface area contributed by atoms with E-state index in [0.717, 1.165) is 57.2 Å². The zero-order chi connectivity index (χ0) is 16.6. The molecule has 0 bridgehead atoms. The Kier molecular flexibility index (Phi) is 3.68. The number of ether oxygens (including phenoxy) is 1. The Morgan fingerprint density at radius 2 is 2.04 bits per heavy atom.